The van der Waals surface area contributed by atoms with E-state index in [1.165, 1.54) is 13.0 Å². The second kappa shape index (κ2) is 11.0. The number of aromatic hydroxyl groups is 1. The molecule has 30 heavy (non-hydrogen) atoms. The average molecular weight is 481 g/mol. The first-order valence-corrected chi connectivity index (χ1v) is 10.3. The quantitative estimate of drug-likeness (QED) is 0.419. The number of phenols is 1. The van der Waals surface area contributed by atoms with E-state index >= 15 is 0 Å². The Kier molecular flexibility index (Phi) is 8.68. The molecule has 0 bridgehead atoms. The van der Waals surface area contributed by atoms with Crippen LogP contribution in [0, 0.1) is 0 Å². The van der Waals surface area contributed by atoms with Crippen LogP contribution in [-0.2, 0) is 17.6 Å². The van der Waals surface area contributed by atoms with Gasteiger partial charge in [0.2, 0.25) is 0 Å². The fraction of sp³-hybridized carbons (Fsp3) is 0.364. The zero-order chi connectivity index (χ0) is 22.3. The molecular weight excluding hydrogens is 456 g/mol. The van der Waals surface area contributed by atoms with Gasteiger partial charge in [-0.15, -0.1) is 0 Å². The molecule has 0 saturated heterocycles. The molecule has 1 unspecified atom stereocenters. The van der Waals surface area contributed by atoms with Crippen molar-refractivity contribution in [3.63, 3.8) is 0 Å². The third kappa shape index (κ3) is 6.47. The molecule has 1 atom stereocenters. The Morgan fingerprint density at radius 3 is 2.30 bits per heavy atom. The molecule has 0 radical (unpaired) electrons. The number of ketones is 1. The largest absolute Gasteiger partial charge is 0.507 e. The number of hydrogen-bond donors (Lipinski definition) is 3. The van der Waals surface area contributed by atoms with Gasteiger partial charge < -0.3 is 24.8 Å². The summed E-state index contributed by atoms with van der Waals surface area (Å²) in [5.74, 6) is -0.355. The summed E-state index contributed by atoms with van der Waals surface area (Å²) in [6.45, 7) is 3.23. The number of phenolic OH excluding ortho intramolecular Hbond substituents is 1. The van der Waals surface area contributed by atoms with Gasteiger partial charge in [-0.05, 0) is 59.1 Å². The van der Waals surface area contributed by atoms with Crippen LogP contribution in [0.1, 0.15) is 41.8 Å². The fourth-order valence-electron chi connectivity index (χ4n) is 2.89. The van der Waals surface area contributed by atoms with Crippen LogP contribution in [0.5, 0.6) is 17.2 Å². The molecule has 162 valence electrons. The first-order chi connectivity index (χ1) is 14.2. The van der Waals surface area contributed by atoms with E-state index in [9.17, 15) is 19.8 Å². The molecule has 0 aliphatic carbocycles. The third-order valence-corrected chi connectivity index (χ3v) is 4.95. The van der Waals surface area contributed by atoms with Crippen LogP contribution < -0.4 is 9.47 Å². The molecule has 3 N–H and O–H groups in total. The Morgan fingerprint density at radius 2 is 1.73 bits per heavy atom. The van der Waals surface area contributed by atoms with Gasteiger partial charge in [-0.25, -0.2) is 0 Å². The Hall–Kier alpha value is -2.58. The molecule has 7 nitrogen and oxygen atoms in total. The number of benzene rings is 2. The molecule has 0 amide bonds. The highest BCUT2D eigenvalue weighted by atomic mass is 79.9. The van der Waals surface area contributed by atoms with E-state index in [0.29, 0.717) is 33.5 Å². The predicted molar refractivity (Wildman–Crippen MR) is 115 cm³/mol. The van der Waals surface area contributed by atoms with E-state index in [0.717, 1.165) is 6.42 Å². The van der Waals surface area contributed by atoms with E-state index in [1.54, 1.807) is 24.3 Å². The number of aliphatic hydroxyl groups is 1. The average Bonchev–Trinajstić information content (AvgIpc) is 2.67. The smallest absolute Gasteiger partial charge is 0.307 e. The molecule has 0 heterocycles. The topological polar surface area (TPSA) is 113 Å². The number of ether oxygens (including phenoxy) is 2. The summed E-state index contributed by atoms with van der Waals surface area (Å²) < 4.78 is 11.8. The van der Waals surface area contributed by atoms with Crippen LogP contribution in [-0.4, -0.2) is 46.4 Å². The lowest BCUT2D eigenvalue weighted by Crippen LogP contribution is -2.25. The van der Waals surface area contributed by atoms with E-state index in [4.69, 9.17) is 14.6 Å². The van der Waals surface area contributed by atoms with Crippen molar-refractivity contribution in [2.45, 2.75) is 39.2 Å². The molecule has 0 aromatic heterocycles. The van der Waals surface area contributed by atoms with Gasteiger partial charge in [-0.3, -0.25) is 9.59 Å². The van der Waals surface area contributed by atoms with Gasteiger partial charge in [0.25, 0.3) is 0 Å². The lowest BCUT2D eigenvalue weighted by atomic mass is 10.0. The van der Waals surface area contributed by atoms with Crippen LogP contribution in [0.4, 0.5) is 0 Å². The maximum atomic E-state index is 11.6. The maximum absolute atomic E-state index is 11.6. The number of Topliss-reactive ketones (excluding diaryl/α,β-unsaturated/α-hetero) is 1. The summed E-state index contributed by atoms with van der Waals surface area (Å²) in [4.78, 5) is 22.4. The predicted octanol–water partition coefficient (Wildman–Crippen LogP) is 3.76. The number of carbonyl (C=O) groups is 2. The van der Waals surface area contributed by atoms with Crippen molar-refractivity contribution in [2.75, 3.05) is 13.2 Å². The molecule has 0 aliphatic rings. The van der Waals surface area contributed by atoms with E-state index in [2.05, 4.69) is 15.9 Å². The number of halogens is 1. The van der Waals surface area contributed by atoms with Crippen LogP contribution in [0.25, 0.3) is 0 Å². The second-order valence-corrected chi connectivity index (χ2v) is 7.71. The monoisotopic (exact) mass is 480 g/mol. The lowest BCUT2D eigenvalue weighted by molar-refractivity contribution is -0.136. The van der Waals surface area contributed by atoms with E-state index < -0.39 is 12.1 Å². The van der Waals surface area contributed by atoms with Crippen molar-refractivity contribution in [2.24, 2.45) is 0 Å². The summed E-state index contributed by atoms with van der Waals surface area (Å²) in [5, 5.41) is 29.4. The standard InChI is InChI=1S/C22H25BrO7/c1-3-4-17-19(8-6-16(13(2)24)22(17)28)29-11-15(25)12-30-20-7-5-14(9-18(20)23)10-21(26)27/h5-9,15,25,28H,3-4,10-12H2,1-2H3,(H,26,27). The molecule has 0 fully saturated rings. The van der Waals surface area contributed by atoms with Crippen LogP contribution in [0.15, 0.2) is 34.8 Å². The van der Waals surface area contributed by atoms with Gasteiger partial charge in [0.1, 0.15) is 36.6 Å². The molecule has 0 saturated carbocycles. The van der Waals surface area contributed by atoms with Gasteiger partial charge in [-0.1, -0.05) is 19.4 Å². The summed E-state index contributed by atoms with van der Waals surface area (Å²) >= 11 is 3.33. The maximum Gasteiger partial charge on any atom is 0.307 e. The SMILES string of the molecule is CCCc1c(OCC(O)COc2ccc(CC(=O)O)cc2Br)ccc(C(C)=O)c1O. The Labute approximate surface area is 183 Å². The first-order valence-electron chi connectivity index (χ1n) is 9.52. The van der Waals surface area contributed by atoms with Gasteiger partial charge in [0.05, 0.1) is 16.5 Å². The highest BCUT2D eigenvalue weighted by molar-refractivity contribution is 9.10. The van der Waals surface area contributed by atoms with Crippen molar-refractivity contribution in [1.82, 2.24) is 0 Å². The number of aliphatic carboxylic acids is 1. The highest BCUT2D eigenvalue weighted by Crippen LogP contribution is 2.33. The Balaban J connectivity index is 1.98. The number of aliphatic hydroxyl groups excluding tert-OH is 1. The molecule has 2 rings (SSSR count). The normalized spacial score (nSPS) is 11.7. The molecule has 0 spiro atoms. The zero-order valence-electron chi connectivity index (χ0n) is 16.9. The highest BCUT2D eigenvalue weighted by Gasteiger charge is 2.17. The summed E-state index contributed by atoms with van der Waals surface area (Å²) in [6.07, 6.45) is 0.248. The third-order valence-electron chi connectivity index (χ3n) is 4.33. The molecule has 8 heteroatoms. The lowest BCUT2D eigenvalue weighted by Gasteiger charge is -2.18. The van der Waals surface area contributed by atoms with Gasteiger partial charge in [-0.2, -0.15) is 0 Å². The van der Waals surface area contributed by atoms with Crippen LogP contribution >= 0.6 is 15.9 Å². The minimum absolute atomic E-state index is 0.0441. The van der Waals surface area contributed by atoms with E-state index in [1.807, 2.05) is 6.92 Å². The van der Waals surface area contributed by atoms with Crippen molar-refractivity contribution >= 4 is 27.7 Å². The van der Waals surface area contributed by atoms with Gasteiger partial charge in [0.15, 0.2) is 5.78 Å². The zero-order valence-corrected chi connectivity index (χ0v) is 18.4. The summed E-state index contributed by atoms with van der Waals surface area (Å²) in [7, 11) is 0. The van der Waals surface area contributed by atoms with Crippen molar-refractivity contribution in [3.8, 4) is 17.2 Å². The number of carboxylic acid groups (broad SMARTS) is 1. The Bertz CT molecular complexity index is 911. The Morgan fingerprint density at radius 1 is 1.10 bits per heavy atom. The number of hydrogen-bond acceptors (Lipinski definition) is 6. The van der Waals surface area contributed by atoms with E-state index in [-0.39, 0.29) is 36.7 Å². The summed E-state index contributed by atoms with van der Waals surface area (Å²) in [5.41, 5.74) is 1.41. The minimum atomic E-state index is -0.945. The van der Waals surface area contributed by atoms with Crippen molar-refractivity contribution < 1.29 is 34.4 Å². The number of carbonyl (C=O) groups excluding carboxylic acids is 1. The fourth-order valence-corrected chi connectivity index (χ4v) is 3.44. The van der Waals surface area contributed by atoms with Crippen molar-refractivity contribution in [1.29, 1.82) is 0 Å². The first kappa shape index (κ1) is 23.7. The minimum Gasteiger partial charge on any atom is -0.507 e. The van der Waals surface area contributed by atoms with Crippen LogP contribution in [0.2, 0.25) is 0 Å². The second-order valence-electron chi connectivity index (χ2n) is 6.86. The molecular formula is C22H25BrO7. The van der Waals surface area contributed by atoms with Crippen molar-refractivity contribution in [3.05, 3.63) is 51.5 Å². The number of carboxylic acids is 1. The van der Waals surface area contributed by atoms with Gasteiger partial charge in [0, 0.05) is 5.56 Å². The number of rotatable bonds is 11. The molecule has 0 aliphatic heterocycles. The molecule has 2 aromatic rings. The van der Waals surface area contributed by atoms with Gasteiger partial charge >= 0.3 is 5.97 Å². The molecule has 2 aromatic carbocycles. The summed E-state index contributed by atoms with van der Waals surface area (Å²) in [6, 6.07) is 8.06. The van der Waals surface area contributed by atoms with Crippen LogP contribution in [0.3, 0.4) is 0 Å².